The second-order valence-corrected chi connectivity index (χ2v) is 11.6. The summed E-state index contributed by atoms with van der Waals surface area (Å²) in [6.07, 6.45) is 4.47. The molecule has 3 unspecified atom stereocenters. The number of aromatic nitrogens is 1. The molecular weight excluding hydrogens is 493 g/mol. The molecule has 0 bridgehead atoms. The van der Waals surface area contributed by atoms with E-state index in [0.29, 0.717) is 5.56 Å². The first kappa shape index (κ1) is 23.9. The monoisotopic (exact) mass is 718 g/mol. The van der Waals surface area contributed by atoms with E-state index in [4.69, 9.17) is 13.8 Å². The van der Waals surface area contributed by atoms with Gasteiger partial charge in [-0.3, -0.25) is 4.79 Å². The number of halogens is 1. The van der Waals surface area contributed by atoms with E-state index in [2.05, 4.69) is 49.5 Å². The first-order chi connectivity index (χ1) is 21.0. The van der Waals surface area contributed by atoms with Gasteiger partial charge in [0.25, 0.3) is 1.43 Å². The van der Waals surface area contributed by atoms with Gasteiger partial charge in [0, 0.05) is 159 Å². The van der Waals surface area contributed by atoms with Crippen molar-refractivity contribution in [1.29, 1.82) is 5.72 Å². The molecule has 0 amide bonds. The lowest BCUT2D eigenvalue weighted by atomic mass is 9.72. The SMILES string of the molecule is [2H]OC(=O)C(C)[C@@](C)(C(C)[C@@](C)(/C=C/c1c(-c2ccc(F)c(C)c2C)c2cc(C)c(C)cc2n1C(C)CC)O[2H])[O+]([2H])[2H].[2H][2H].[HH].[HH].[HH].[HH].[HH].[HH].[HH].[HH].[HH].[HH].[HH].[HH].[HH].[HH].[HH].[HH].[HH].[HH].[HH].[HH].[HH].[HH].[HH].[HH].[HH].[HH].[HH].[HH].[HH].[HH].[HH].[HH].[HH].[HH].[HH].[HH].[HH].[HH].[HH].[HH].[HH].[HH].[HH].[HH].[HH].[HH].[HH].[HH].[HH].[HH].[HH].[HH].[HH].[HH].[HH].[HH].[HH].[HH].[HH].[HH].[HH].[HH].[HH].[HH].[HH].[HH].[HH].[HH].[HH].[HH].[HH].[HH].[HH].[HH].[HH].[HH].[HH].[HH].[HH].[HH].[HH].[HH].[HH].[HH].[HH]. The van der Waals surface area contributed by atoms with Crippen LogP contribution in [-0.2, 0) is 4.79 Å². The van der Waals surface area contributed by atoms with E-state index in [1.54, 1.807) is 26.8 Å². The van der Waals surface area contributed by atoms with E-state index < -0.39 is 29.0 Å². The van der Waals surface area contributed by atoms with Gasteiger partial charge in [0.15, 0.2) is 5.60 Å². The molecule has 0 aliphatic rings. The van der Waals surface area contributed by atoms with E-state index in [1.807, 2.05) is 19.1 Å². The van der Waals surface area contributed by atoms with Crippen LogP contribution in [0, 0.1) is 45.3 Å². The van der Waals surface area contributed by atoms with Crippen molar-refractivity contribution in [3.63, 3.8) is 0 Å². The molecule has 39 heavy (non-hydrogen) atoms. The average Bonchev–Trinajstić information content (AvgIpc) is 3.33. The molecule has 1 heterocycles. The summed E-state index contributed by atoms with van der Waals surface area (Å²) in [5, 5.41) is 11.9. The highest BCUT2D eigenvalue weighted by Crippen LogP contribution is 2.42. The zero-order valence-corrected chi connectivity index (χ0v) is 24.9. The van der Waals surface area contributed by atoms with Crippen LogP contribution in [0.3, 0.4) is 0 Å². The zero-order valence-electron chi connectivity index (χ0n) is 30.9. The van der Waals surface area contributed by atoms with Crippen LogP contribution in [0.4, 0.5) is 4.39 Å². The largest absolute Gasteiger partial charge is 0.487 e. The van der Waals surface area contributed by atoms with E-state index in [9.17, 15) is 9.18 Å². The molecule has 0 radical (unpaired) electrons. The van der Waals surface area contributed by atoms with E-state index >= 15 is 0 Å². The van der Waals surface area contributed by atoms with Gasteiger partial charge in [-0.05, 0) is 107 Å². The molecule has 0 aliphatic heterocycles. The van der Waals surface area contributed by atoms with Crippen molar-refractivity contribution in [3.05, 3.63) is 64.1 Å². The summed E-state index contributed by atoms with van der Waals surface area (Å²) >= 11 is 0. The Morgan fingerprint density at radius 2 is 1.90 bits per heavy atom. The molecule has 3 rings (SSSR count). The lowest BCUT2D eigenvalue weighted by Gasteiger charge is -2.37. The molecule has 1 aromatic heterocycles. The molecule has 384 valence electrons. The molecule has 4 N–H and O–H groups in total. The van der Waals surface area contributed by atoms with E-state index in [-0.39, 0.29) is 133 Å². The zero-order chi connectivity index (χ0) is 34.6. The maximum atomic E-state index is 14.6. The topological polar surface area (TPSA) is 85.4 Å². The highest BCUT2D eigenvalue weighted by molar-refractivity contribution is 6.02. The quantitative estimate of drug-likeness (QED) is 0.194. The smallest absolute Gasteiger partial charge is 0.481 e. The number of carbonyl (C=O) groups is 1. The highest BCUT2D eigenvalue weighted by atomic mass is 19.1. The molecule has 0 spiro atoms. The van der Waals surface area contributed by atoms with Gasteiger partial charge in [-0.2, -0.15) is 0 Å². The van der Waals surface area contributed by atoms with Gasteiger partial charge >= 0.3 is 8.83 Å². The Bertz CT molecular complexity index is 1630. The second-order valence-electron chi connectivity index (χ2n) is 11.6. The summed E-state index contributed by atoms with van der Waals surface area (Å²) in [6.45, 7) is 18.5. The molecule has 2 aromatic carbocycles. The van der Waals surface area contributed by atoms with Crippen LogP contribution in [0.15, 0.2) is 30.3 Å². The van der Waals surface area contributed by atoms with Crippen LogP contribution >= 0.6 is 0 Å². The predicted molar refractivity (Wildman–Crippen MR) is 341 cm³/mol. The Balaban J connectivity index is -0.00000000295. The Hall–Kier alpha value is -2.96. The maximum absolute atomic E-state index is 14.6. The fourth-order valence-electron chi connectivity index (χ4n) is 5.32. The van der Waals surface area contributed by atoms with Crippen LogP contribution < -0.4 is 0 Å². The Morgan fingerprint density at radius 3 is 2.49 bits per heavy atom. The first-order valence-corrected chi connectivity index (χ1v) is 13.7. The molecule has 5 nitrogen and oxygen atoms in total. The summed E-state index contributed by atoms with van der Waals surface area (Å²) in [5.41, 5.74) is 4.42. The molecule has 3 aromatic rings. The lowest BCUT2D eigenvalue weighted by molar-refractivity contribution is -0.160. The summed E-state index contributed by atoms with van der Waals surface area (Å²) in [6, 6.07) is 7.72. The summed E-state index contributed by atoms with van der Waals surface area (Å²) in [5.74, 6) is -3.06. The Kier molecular flexibility index (Phi) is 6.67. The van der Waals surface area contributed by atoms with Crippen molar-refractivity contribution in [1.82, 2.24) is 4.57 Å². The van der Waals surface area contributed by atoms with Crippen LogP contribution in [-0.4, -0.2) is 41.4 Å². The minimum Gasteiger partial charge on any atom is -0.481 e. The minimum atomic E-state index is -1.57. The van der Waals surface area contributed by atoms with Gasteiger partial charge in [-0.25, -0.2) is 4.39 Å². The van der Waals surface area contributed by atoms with Crippen molar-refractivity contribution in [2.75, 3.05) is 0 Å². The minimum absolute atomic E-state index is 0. The number of aryl methyl sites for hydroxylation is 2. The number of rotatable bonds is 11. The van der Waals surface area contributed by atoms with E-state index in [0.717, 1.165) is 50.8 Å². The maximum Gasteiger partial charge on any atom is 0.487 e. The van der Waals surface area contributed by atoms with Crippen molar-refractivity contribution < 1.29 is 149 Å². The standard InChI is InChI=1S/C33H44FNO4.86H2/c1-11-20(4)35-28(14-15-32(9,38)24(8)33(10,39)23(7)31(36)37)30(25-12-13-27(34)22(6)21(25)5)26-16-18(2)19(3)17-29(26)35;;;;;;;;;;;;;;;;;;;;;;;;;;;;;;;;;;;;;;;;;;;;;;;;;;;;;;;;;;;;;;;;;;;;;;;;;;;;;;;;;;;;;;/h12-17,20,23-24,38-39H,11H2,1-10H3,(H,36,37);86*1H/p+1/b15-14+;;;;;;;;;;;;;;;;;;;;;;;;;;;;;;;;;;;;;;;;;;;;;;;;;;;;;;;;;;;;;;;;;;;;;;;;;;;;;;;;;;;;;;/t20?,23?,24?,32-,33+;;;;;;;;;;;;;;;;;;;;;;;;;;;;;;;;;;;;;;;;;;;;;;;;;;;;;;;;;;;;;;;;;;;;;;;;;;;;;;;;;;;;;;/m1....................................................................................../s1/i38D,39D;1+1D;;;;;;;;;;;;;;;;;;;;;;;;;;;;;;;;;;;;;;;;;;;;;;;;;;;;;;;;;;;;;;;;;;;;;;;;;;;;;;;;;;;;;/hD2. The number of carboxylic acid groups (broad SMARTS) is 1. The summed E-state index contributed by atoms with van der Waals surface area (Å²) in [4.78, 5) is 12.4. The fourth-order valence-corrected chi connectivity index (χ4v) is 5.32. The summed E-state index contributed by atoms with van der Waals surface area (Å²) in [7, 11) is 0. The molecule has 0 saturated carbocycles. The van der Waals surface area contributed by atoms with Gasteiger partial charge in [0.1, 0.15) is 11.7 Å². The van der Waals surface area contributed by atoms with Crippen molar-refractivity contribution in [2.45, 2.75) is 92.9 Å². The molecular formula is C33H217FNO4+. The molecule has 0 aliphatic carbocycles. The third-order valence-corrected chi connectivity index (χ3v) is 9.18. The Labute approximate surface area is 367 Å². The molecule has 6 heteroatoms. The van der Waals surface area contributed by atoms with Gasteiger partial charge in [0.2, 0.25) is 1.43 Å². The fraction of sp³-hybridized carbons (Fsp3) is 0.485. The van der Waals surface area contributed by atoms with Gasteiger partial charge in [0.05, 0.1) is 11.5 Å². The second kappa shape index (κ2) is 10.9. The van der Waals surface area contributed by atoms with Crippen molar-refractivity contribution in [2.24, 2.45) is 11.8 Å². The van der Waals surface area contributed by atoms with Gasteiger partial charge in [-0.1, -0.05) is 26.0 Å². The third kappa shape index (κ3) is 5.42. The van der Waals surface area contributed by atoms with Crippen LogP contribution in [0.2, 0.25) is 0 Å². The number of carboxylic acids is 1. The third-order valence-electron chi connectivity index (χ3n) is 9.18. The highest BCUT2D eigenvalue weighted by Gasteiger charge is 2.50. The first-order valence-electron chi connectivity index (χ1n) is 16.3. The average molecular weight is 718 g/mol. The van der Waals surface area contributed by atoms with Crippen molar-refractivity contribution >= 4 is 22.9 Å². The van der Waals surface area contributed by atoms with Gasteiger partial charge in [-0.15, -0.1) is 0 Å². The van der Waals surface area contributed by atoms with Crippen LogP contribution in [0.1, 0.15) is 206 Å². The summed E-state index contributed by atoms with van der Waals surface area (Å²) < 4.78 is 58.3. The van der Waals surface area contributed by atoms with Crippen LogP contribution in [0.25, 0.3) is 29.5 Å². The number of nitrogens with zero attached hydrogens (tertiary/aromatic N) is 1. The number of aliphatic hydroxyl groups is 1. The van der Waals surface area contributed by atoms with Gasteiger partial charge < -0.3 is 19.9 Å². The number of hydrogen-bond acceptors (Lipinski definition) is 3. The number of fused-ring (bicyclic) bond motifs is 1. The number of hydrogen-bond donors (Lipinski definition) is 2. The van der Waals surface area contributed by atoms with Crippen molar-refractivity contribution in [3.8, 4) is 11.1 Å². The Morgan fingerprint density at radius 1 is 1.23 bits per heavy atom. The molecule has 5 atom stereocenters. The lowest BCUT2D eigenvalue weighted by Crippen LogP contribution is -2.52. The number of benzene rings is 2. The van der Waals surface area contributed by atoms with Crippen LogP contribution in [0.5, 0.6) is 0 Å². The normalized spacial score (nSPS) is 19.3. The molecule has 0 fully saturated rings. The molecule has 0 saturated heterocycles. The number of aliphatic carboxylic acids is 1. The van der Waals surface area contributed by atoms with E-state index in [1.165, 1.54) is 25.0 Å². The predicted octanol–water partition coefficient (Wildman–Crippen LogP) is 28.4.